The number of hydrogen-bond acceptors (Lipinski definition) is 2. The standard InChI is InChI=1S/C17H24N2/c1-17(2,13-19-11-5-10-18)16-9-8-14-6-3-4-7-15(14)12-16/h3-4,6-9,12,19H,5,10-11,13,18H2,1-2H3. The molecule has 0 radical (unpaired) electrons. The zero-order valence-corrected chi connectivity index (χ0v) is 11.9. The first-order chi connectivity index (χ1) is 9.13. The molecular formula is C17H24N2. The van der Waals surface area contributed by atoms with Crippen LogP contribution in [-0.2, 0) is 5.41 Å². The van der Waals surface area contributed by atoms with Crippen LogP contribution >= 0.6 is 0 Å². The molecule has 0 saturated heterocycles. The molecular weight excluding hydrogens is 232 g/mol. The van der Waals surface area contributed by atoms with E-state index < -0.39 is 0 Å². The average Bonchev–Trinajstić information content (AvgIpc) is 2.43. The zero-order chi connectivity index (χ0) is 13.7. The minimum Gasteiger partial charge on any atom is -0.330 e. The highest BCUT2D eigenvalue weighted by Gasteiger charge is 2.20. The van der Waals surface area contributed by atoms with E-state index in [1.807, 2.05) is 0 Å². The van der Waals surface area contributed by atoms with Gasteiger partial charge in [0, 0.05) is 12.0 Å². The monoisotopic (exact) mass is 256 g/mol. The lowest BCUT2D eigenvalue weighted by Crippen LogP contribution is -2.34. The highest BCUT2D eigenvalue weighted by atomic mass is 14.9. The van der Waals surface area contributed by atoms with Crippen LogP contribution in [0.3, 0.4) is 0 Å². The molecule has 2 nitrogen and oxygen atoms in total. The second-order valence-corrected chi connectivity index (χ2v) is 5.76. The summed E-state index contributed by atoms with van der Waals surface area (Å²) in [5.41, 5.74) is 7.03. The molecule has 3 N–H and O–H groups in total. The van der Waals surface area contributed by atoms with Crippen molar-refractivity contribution in [2.75, 3.05) is 19.6 Å². The highest BCUT2D eigenvalue weighted by Crippen LogP contribution is 2.26. The molecule has 102 valence electrons. The summed E-state index contributed by atoms with van der Waals surface area (Å²) in [6.07, 6.45) is 1.04. The van der Waals surface area contributed by atoms with Crippen molar-refractivity contribution in [1.82, 2.24) is 5.32 Å². The van der Waals surface area contributed by atoms with Crippen LogP contribution in [0.4, 0.5) is 0 Å². The lowest BCUT2D eigenvalue weighted by atomic mass is 9.83. The molecule has 0 aliphatic carbocycles. The molecule has 0 fully saturated rings. The molecule has 0 atom stereocenters. The molecule has 0 aliphatic rings. The van der Waals surface area contributed by atoms with Crippen LogP contribution < -0.4 is 11.1 Å². The topological polar surface area (TPSA) is 38.0 Å². The summed E-state index contributed by atoms with van der Waals surface area (Å²) in [5.74, 6) is 0. The van der Waals surface area contributed by atoms with E-state index in [2.05, 4.69) is 61.6 Å². The van der Waals surface area contributed by atoms with Gasteiger partial charge in [0.15, 0.2) is 0 Å². The van der Waals surface area contributed by atoms with Gasteiger partial charge in [0.05, 0.1) is 0 Å². The Balaban J connectivity index is 2.12. The maximum absolute atomic E-state index is 5.51. The lowest BCUT2D eigenvalue weighted by molar-refractivity contribution is 0.468. The smallest absolute Gasteiger partial charge is 0.00431 e. The molecule has 0 aliphatic heterocycles. The Hall–Kier alpha value is -1.38. The fourth-order valence-corrected chi connectivity index (χ4v) is 2.34. The van der Waals surface area contributed by atoms with Crippen LogP contribution in [0.25, 0.3) is 10.8 Å². The lowest BCUT2D eigenvalue weighted by Gasteiger charge is -2.26. The van der Waals surface area contributed by atoms with E-state index in [-0.39, 0.29) is 5.41 Å². The van der Waals surface area contributed by atoms with E-state index in [0.717, 1.165) is 26.1 Å². The van der Waals surface area contributed by atoms with Gasteiger partial charge < -0.3 is 11.1 Å². The number of benzene rings is 2. The summed E-state index contributed by atoms with van der Waals surface area (Å²) in [5, 5.41) is 6.11. The summed E-state index contributed by atoms with van der Waals surface area (Å²) in [6.45, 7) is 7.29. The largest absolute Gasteiger partial charge is 0.330 e. The second kappa shape index (κ2) is 6.18. The molecule has 2 rings (SSSR count). The Kier molecular flexibility index (Phi) is 4.56. The Bertz CT molecular complexity index is 532. The first kappa shape index (κ1) is 14.0. The SMILES string of the molecule is CC(C)(CNCCCN)c1ccc2ccccc2c1. The van der Waals surface area contributed by atoms with Crippen molar-refractivity contribution < 1.29 is 0 Å². The number of nitrogens with two attached hydrogens (primary N) is 1. The predicted octanol–water partition coefficient (Wildman–Crippen LogP) is 3.06. The molecule has 2 aromatic carbocycles. The molecule has 0 heterocycles. The molecule has 0 amide bonds. The molecule has 2 heteroatoms. The highest BCUT2D eigenvalue weighted by molar-refractivity contribution is 5.83. The van der Waals surface area contributed by atoms with Crippen LogP contribution in [0.15, 0.2) is 42.5 Å². The Morgan fingerprint density at radius 1 is 1.05 bits per heavy atom. The van der Waals surface area contributed by atoms with Gasteiger partial charge in [0.25, 0.3) is 0 Å². The Morgan fingerprint density at radius 3 is 2.53 bits per heavy atom. The quantitative estimate of drug-likeness (QED) is 0.780. The molecule has 0 saturated carbocycles. The Labute approximate surface area is 116 Å². The van der Waals surface area contributed by atoms with Gasteiger partial charge in [-0.3, -0.25) is 0 Å². The first-order valence-corrected chi connectivity index (χ1v) is 7.03. The van der Waals surface area contributed by atoms with Gasteiger partial charge in [-0.2, -0.15) is 0 Å². The Morgan fingerprint density at radius 2 is 1.79 bits per heavy atom. The summed E-state index contributed by atoms with van der Waals surface area (Å²) in [7, 11) is 0. The van der Waals surface area contributed by atoms with Gasteiger partial charge in [-0.1, -0.05) is 56.3 Å². The van der Waals surface area contributed by atoms with Crippen molar-refractivity contribution in [2.45, 2.75) is 25.7 Å². The van der Waals surface area contributed by atoms with Crippen molar-refractivity contribution in [3.8, 4) is 0 Å². The van der Waals surface area contributed by atoms with Crippen LogP contribution in [0.2, 0.25) is 0 Å². The number of rotatable bonds is 6. The summed E-state index contributed by atoms with van der Waals surface area (Å²) in [4.78, 5) is 0. The minimum atomic E-state index is 0.138. The fourth-order valence-electron chi connectivity index (χ4n) is 2.34. The van der Waals surface area contributed by atoms with Gasteiger partial charge >= 0.3 is 0 Å². The predicted molar refractivity (Wildman–Crippen MR) is 83.5 cm³/mol. The third-order valence-corrected chi connectivity index (χ3v) is 3.66. The maximum Gasteiger partial charge on any atom is 0.00431 e. The molecule has 0 bridgehead atoms. The van der Waals surface area contributed by atoms with E-state index in [9.17, 15) is 0 Å². The average molecular weight is 256 g/mol. The molecule has 0 spiro atoms. The van der Waals surface area contributed by atoms with Gasteiger partial charge in [0.1, 0.15) is 0 Å². The van der Waals surface area contributed by atoms with E-state index in [1.54, 1.807) is 0 Å². The fraction of sp³-hybridized carbons (Fsp3) is 0.412. The van der Waals surface area contributed by atoms with E-state index in [4.69, 9.17) is 5.73 Å². The van der Waals surface area contributed by atoms with E-state index in [1.165, 1.54) is 16.3 Å². The number of hydrogen-bond donors (Lipinski definition) is 2. The van der Waals surface area contributed by atoms with Crippen LogP contribution in [0.5, 0.6) is 0 Å². The molecule has 0 unspecified atom stereocenters. The van der Waals surface area contributed by atoms with Crippen molar-refractivity contribution in [1.29, 1.82) is 0 Å². The van der Waals surface area contributed by atoms with Crippen molar-refractivity contribution >= 4 is 10.8 Å². The number of nitrogens with one attached hydrogen (secondary N) is 1. The van der Waals surface area contributed by atoms with Gasteiger partial charge in [-0.15, -0.1) is 0 Å². The molecule has 0 aromatic heterocycles. The summed E-state index contributed by atoms with van der Waals surface area (Å²) < 4.78 is 0. The van der Waals surface area contributed by atoms with Crippen LogP contribution in [-0.4, -0.2) is 19.6 Å². The van der Waals surface area contributed by atoms with Crippen LogP contribution in [0, 0.1) is 0 Å². The first-order valence-electron chi connectivity index (χ1n) is 7.03. The third-order valence-electron chi connectivity index (χ3n) is 3.66. The van der Waals surface area contributed by atoms with E-state index in [0.29, 0.717) is 0 Å². The van der Waals surface area contributed by atoms with Crippen molar-refractivity contribution in [2.24, 2.45) is 5.73 Å². The van der Waals surface area contributed by atoms with Gasteiger partial charge in [-0.25, -0.2) is 0 Å². The third kappa shape index (κ3) is 3.55. The zero-order valence-electron chi connectivity index (χ0n) is 11.9. The van der Waals surface area contributed by atoms with Gasteiger partial charge in [-0.05, 0) is 35.8 Å². The van der Waals surface area contributed by atoms with E-state index >= 15 is 0 Å². The number of fused-ring (bicyclic) bond motifs is 1. The normalized spacial score (nSPS) is 11.9. The molecule has 19 heavy (non-hydrogen) atoms. The second-order valence-electron chi connectivity index (χ2n) is 5.76. The van der Waals surface area contributed by atoms with Crippen LogP contribution in [0.1, 0.15) is 25.8 Å². The summed E-state index contributed by atoms with van der Waals surface area (Å²) in [6, 6.07) is 15.3. The van der Waals surface area contributed by atoms with Crippen molar-refractivity contribution in [3.05, 3.63) is 48.0 Å². The minimum absolute atomic E-state index is 0.138. The van der Waals surface area contributed by atoms with Gasteiger partial charge in [0.2, 0.25) is 0 Å². The van der Waals surface area contributed by atoms with Crippen molar-refractivity contribution in [3.63, 3.8) is 0 Å². The summed E-state index contributed by atoms with van der Waals surface area (Å²) >= 11 is 0. The molecule has 2 aromatic rings. The maximum atomic E-state index is 5.51.